The molecular formula is C37H40N2O5. The Morgan fingerprint density at radius 2 is 1.43 bits per heavy atom. The van der Waals surface area contributed by atoms with Crippen molar-refractivity contribution in [2.75, 3.05) is 0 Å². The van der Waals surface area contributed by atoms with E-state index in [0.29, 0.717) is 19.3 Å². The molecule has 0 spiro atoms. The van der Waals surface area contributed by atoms with E-state index in [1.54, 1.807) is 6.92 Å². The number of benzene rings is 3. The smallest absolute Gasteiger partial charge is 0.242 e. The molecule has 0 unspecified atom stereocenters. The number of rotatable bonds is 9. The van der Waals surface area contributed by atoms with Crippen molar-refractivity contribution in [1.29, 1.82) is 0 Å². The first-order chi connectivity index (χ1) is 21.2. The fraction of sp³-hybridized carbons (Fsp3) is 0.378. The molecule has 1 aliphatic heterocycles. The summed E-state index contributed by atoms with van der Waals surface area (Å²) in [5.74, 6) is -2.48. The van der Waals surface area contributed by atoms with Gasteiger partial charge in [-0.15, -0.1) is 0 Å². The summed E-state index contributed by atoms with van der Waals surface area (Å²) in [5, 5.41) is 5.62. The average Bonchev–Trinajstić information content (AvgIpc) is 3.85. The van der Waals surface area contributed by atoms with Crippen molar-refractivity contribution in [2.45, 2.75) is 76.8 Å². The first-order valence-electron chi connectivity index (χ1n) is 15.7. The van der Waals surface area contributed by atoms with E-state index in [-0.39, 0.29) is 43.3 Å². The van der Waals surface area contributed by atoms with Gasteiger partial charge < -0.3 is 10.6 Å². The second-order valence-electron chi connectivity index (χ2n) is 12.3. The Balaban J connectivity index is 1.39. The number of Topliss-reactive ketones (excluding diaryl/α,β-unsaturated/α-hetero) is 3. The molecule has 228 valence electrons. The lowest BCUT2D eigenvalue weighted by atomic mass is 9.85. The summed E-state index contributed by atoms with van der Waals surface area (Å²) < 4.78 is 0. The summed E-state index contributed by atoms with van der Waals surface area (Å²) in [6.45, 7) is 1.60. The normalized spacial score (nSPS) is 19.8. The predicted octanol–water partition coefficient (Wildman–Crippen LogP) is 4.98. The van der Waals surface area contributed by atoms with E-state index in [0.717, 1.165) is 40.7 Å². The maximum atomic E-state index is 13.9. The van der Waals surface area contributed by atoms with Crippen LogP contribution in [-0.4, -0.2) is 41.2 Å². The molecule has 7 nitrogen and oxygen atoms in total. The molecule has 1 saturated carbocycles. The second kappa shape index (κ2) is 14.4. The minimum absolute atomic E-state index is 0.150. The number of hydrogen-bond donors (Lipinski definition) is 2. The zero-order valence-corrected chi connectivity index (χ0v) is 25.2. The number of fused-ring (bicyclic) bond motifs is 5. The van der Waals surface area contributed by atoms with Crippen molar-refractivity contribution in [2.24, 2.45) is 11.8 Å². The Bertz CT molecular complexity index is 1530. The summed E-state index contributed by atoms with van der Waals surface area (Å²) in [6.07, 6.45) is 3.85. The lowest BCUT2D eigenvalue weighted by molar-refractivity contribution is -0.140. The molecule has 2 amide bonds. The number of aryl methyl sites for hydroxylation is 2. The molecule has 4 bridgehead atoms. The maximum Gasteiger partial charge on any atom is 0.242 e. The van der Waals surface area contributed by atoms with Crippen LogP contribution in [0.2, 0.25) is 0 Å². The molecular weight excluding hydrogens is 552 g/mol. The number of ketones is 3. The van der Waals surface area contributed by atoms with Crippen molar-refractivity contribution in [3.8, 4) is 11.1 Å². The quantitative estimate of drug-likeness (QED) is 0.341. The number of nitrogens with one attached hydrogen (secondary N) is 2. The molecule has 2 N–H and O–H groups in total. The highest BCUT2D eigenvalue weighted by Crippen LogP contribution is 2.33. The highest BCUT2D eigenvalue weighted by atomic mass is 16.2. The molecule has 2 aliphatic rings. The molecule has 1 aliphatic carbocycles. The van der Waals surface area contributed by atoms with E-state index in [4.69, 9.17) is 0 Å². The van der Waals surface area contributed by atoms with E-state index in [2.05, 4.69) is 22.8 Å². The third-order valence-corrected chi connectivity index (χ3v) is 8.61. The number of carbonyl (C=O) groups excluding carboxylic acids is 5. The summed E-state index contributed by atoms with van der Waals surface area (Å²) >= 11 is 0. The SMILES string of the molecule is C[C@@H]1NC(=O)CCc2cccc(c2)-c2cccc(c2)CC[C@@H](C(=O)C[C@@H](Cc2ccccc2)C(=O)C(=O)CC2CC2)NC1=O. The third-order valence-electron chi connectivity index (χ3n) is 8.61. The molecule has 1 heterocycles. The molecule has 0 radical (unpaired) electrons. The van der Waals surface area contributed by atoms with E-state index < -0.39 is 35.5 Å². The van der Waals surface area contributed by atoms with Gasteiger partial charge in [-0.3, -0.25) is 24.0 Å². The average molecular weight is 593 g/mol. The van der Waals surface area contributed by atoms with Gasteiger partial charge in [0.25, 0.3) is 0 Å². The van der Waals surface area contributed by atoms with Gasteiger partial charge in [0.1, 0.15) is 6.04 Å². The Morgan fingerprint density at radius 1 is 0.773 bits per heavy atom. The van der Waals surface area contributed by atoms with E-state index in [1.165, 1.54) is 0 Å². The molecule has 3 aromatic rings. The topological polar surface area (TPSA) is 109 Å². The highest BCUT2D eigenvalue weighted by Gasteiger charge is 2.34. The van der Waals surface area contributed by atoms with Crippen LogP contribution in [-0.2, 0) is 43.2 Å². The van der Waals surface area contributed by atoms with Gasteiger partial charge in [0.15, 0.2) is 11.6 Å². The zero-order valence-electron chi connectivity index (χ0n) is 25.2. The molecule has 3 atom stereocenters. The van der Waals surface area contributed by atoms with Crippen LogP contribution in [0.4, 0.5) is 0 Å². The van der Waals surface area contributed by atoms with Crippen LogP contribution in [0.3, 0.4) is 0 Å². The molecule has 0 aromatic heterocycles. The predicted molar refractivity (Wildman–Crippen MR) is 169 cm³/mol. The van der Waals surface area contributed by atoms with Gasteiger partial charge in [0.2, 0.25) is 17.6 Å². The molecule has 7 heteroatoms. The van der Waals surface area contributed by atoms with E-state index in [1.807, 2.05) is 66.7 Å². The van der Waals surface area contributed by atoms with Gasteiger partial charge in [-0.05, 0) is 79.2 Å². The van der Waals surface area contributed by atoms with Crippen LogP contribution < -0.4 is 10.6 Å². The monoisotopic (exact) mass is 592 g/mol. The first-order valence-corrected chi connectivity index (χ1v) is 15.7. The molecule has 5 rings (SSSR count). The van der Waals surface area contributed by atoms with Crippen LogP contribution in [0.25, 0.3) is 11.1 Å². The summed E-state index contributed by atoms with van der Waals surface area (Å²) in [4.78, 5) is 66.1. The minimum Gasteiger partial charge on any atom is -0.345 e. The standard InChI is InChI=1S/C37H40N2O5/c1-24-37(44)39-32(33(40)23-31(21-25-7-3-2-4-8-25)36(43)34(41)22-28-13-14-28)17-15-26-9-5-11-29(19-26)30-12-6-10-27(20-30)16-18-35(42)38-24/h2-12,19-20,24,28,31-32H,13-18,21-23H2,1H3,(H,38,42)(H,39,44)/t24-,31+,32-/m0/s1. The third kappa shape index (κ3) is 8.59. The van der Waals surface area contributed by atoms with E-state index in [9.17, 15) is 24.0 Å². The van der Waals surface area contributed by atoms with Gasteiger partial charge in [-0.1, -0.05) is 78.9 Å². The lowest BCUT2D eigenvalue weighted by Gasteiger charge is -2.23. The maximum absolute atomic E-state index is 13.9. The second-order valence-corrected chi connectivity index (χ2v) is 12.3. The molecule has 0 saturated heterocycles. The molecule has 1 fully saturated rings. The minimum atomic E-state index is -0.883. The summed E-state index contributed by atoms with van der Waals surface area (Å²) in [6, 6.07) is 23.8. The Kier molecular flexibility index (Phi) is 10.2. The number of carbonyl (C=O) groups is 5. The fourth-order valence-electron chi connectivity index (χ4n) is 5.82. The van der Waals surface area contributed by atoms with Crippen molar-refractivity contribution >= 4 is 29.2 Å². The van der Waals surface area contributed by atoms with Crippen LogP contribution in [0.5, 0.6) is 0 Å². The summed E-state index contributed by atoms with van der Waals surface area (Å²) in [7, 11) is 0. The van der Waals surface area contributed by atoms with Crippen LogP contribution in [0.15, 0.2) is 78.9 Å². The zero-order chi connectivity index (χ0) is 31.1. The first kappa shape index (κ1) is 31.0. The van der Waals surface area contributed by atoms with Crippen LogP contribution in [0, 0.1) is 11.8 Å². The Morgan fingerprint density at radius 3 is 2.09 bits per heavy atom. The molecule has 3 aromatic carbocycles. The largest absolute Gasteiger partial charge is 0.345 e. The van der Waals surface area contributed by atoms with Crippen molar-refractivity contribution in [3.05, 3.63) is 95.6 Å². The lowest BCUT2D eigenvalue weighted by Crippen LogP contribution is -2.51. The summed E-state index contributed by atoms with van der Waals surface area (Å²) in [5.41, 5.74) is 5.00. The Labute approximate surface area is 258 Å². The van der Waals surface area contributed by atoms with Gasteiger partial charge >= 0.3 is 0 Å². The van der Waals surface area contributed by atoms with Crippen molar-refractivity contribution in [3.63, 3.8) is 0 Å². The van der Waals surface area contributed by atoms with Gasteiger partial charge in [-0.2, -0.15) is 0 Å². The number of hydrogen-bond acceptors (Lipinski definition) is 5. The van der Waals surface area contributed by atoms with Crippen molar-refractivity contribution < 1.29 is 24.0 Å². The Hall–Kier alpha value is -4.39. The molecule has 44 heavy (non-hydrogen) atoms. The van der Waals surface area contributed by atoms with Gasteiger partial charge in [-0.25, -0.2) is 0 Å². The van der Waals surface area contributed by atoms with Gasteiger partial charge in [0.05, 0.1) is 6.04 Å². The van der Waals surface area contributed by atoms with Crippen LogP contribution in [0.1, 0.15) is 62.1 Å². The fourth-order valence-corrected chi connectivity index (χ4v) is 5.82. The van der Waals surface area contributed by atoms with Crippen molar-refractivity contribution in [1.82, 2.24) is 10.6 Å². The van der Waals surface area contributed by atoms with E-state index >= 15 is 0 Å². The van der Waals surface area contributed by atoms with Gasteiger partial charge in [0, 0.05) is 25.2 Å². The van der Waals surface area contributed by atoms with Crippen LogP contribution >= 0.6 is 0 Å². The number of amides is 2. The highest BCUT2D eigenvalue weighted by molar-refractivity contribution is 6.38.